The summed E-state index contributed by atoms with van der Waals surface area (Å²) in [6.07, 6.45) is 4.55. The molecule has 1 spiro atoms. The Morgan fingerprint density at radius 3 is 2.81 bits per heavy atom. The largest absolute Gasteiger partial charge is 0.480 e. The van der Waals surface area contributed by atoms with Gasteiger partial charge in [0.25, 0.3) is 0 Å². The van der Waals surface area contributed by atoms with E-state index in [-0.39, 0.29) is 11.9 Å². The van der Waals surface area contributed by atoms with Crippen LogP contribution in [0.1, 0.15) is 32.1 Å². The van der Waals surface area contributed by atoms with Gasteiger partial charge in [-0.1, -0.05) is 0 Å². The smallest absolute Gasteiger partial charge is 0.320 e. The highest BCUT2D eigenvalue weighted by Gasteiger charge is 2.44. The molecule has 1 saturated carbocycles. The lowest BCUT2D eigenvalue weighted by molar-refractivity contribution is -0.164. The third-order valence-corrected chi connectivity index (χ3v) is 3.42. The van der Waals surface area contributed by atoms with Gasteiger partial charge in [-0.3, -0.25) is 4.79 Å². The van der Waals surface area contributed by atoms with Crippen molar-refractivity contribution < 1.29 is 19.4 Å². The lowest BCUT2D eigenvalue weighted by Crippen LogP contribution is -2.38. The highest BCUT2D eigenvalue weighted by molar-refractivity contribution is 5.73. The third kappa shape index (κ3) is 2.36. The summed E-state index contributed by atoms with van der Waals surface area (Å²) in [4.78, 5) is 10.9. The first kappa shape index (κ1) is 11.8. The summed E-state index contributed by atoms with van der Waals surface area (Å²) in [6.45, 7) is 0.519. The van der Waals surface area contributed by atoms with E-state index in [0.717, 1.165) is 25.7 Å². The lowest BCUT2D eigenvalue weighted by Gasteiger charge is -2.22. The van der Waals surface area contributed by atoms with E-state index in [1.807, 2.05) is 0 Å². The van der Waals surface area contributed by atoms with Crippen molar-refractivity contribution in [2.75, 3.05) is 13.7 Å². The van der Waals surface area contributed by atoms with Crippen molar-refractivity contribution in [2.45, 2.75) is 50.0 Å². The Hall–Kier alpha value is -0.650. The van der Waals surface area contributed by atoms with Crippen LogP contribution in [-0.2, 0) is 14.3 Å². The van der Waals surface area contributed by atoms with Crippen molar-refractivity contribution in [1.29, 1.82) is 0 Å². The minimum absolute atomic E-state index is 0.0911. The Kier molecular flexibility index (Phi) is 3.47. The van der Waals surface area contributed by atoms with Gasteiger partial charge >= 0.3 is 5.97 Å². The van der Waals surface area contributed by atoms with E-state index in [2.05, 4.69) is 5.32 Å². The number of likely N-dealkylation sites (N-methyl/N-ethyl adjacent to an activating group) is 1. The molecule has 5 nitrogen and oxygen atoms in total. The van der Waals surface area contributed by atoms with Crippen molar-refractivity contribution in [1.82, 2.24) is 5.32 Å². The van der Waals surface area contributed by atoms with Gasteiger partial charge in [-0.05, 0) is 19.9 Å². The van der Waals surface area contributed by atoms with Gasteiger partial charge in [0.05, 0.1) is 12.7 Å². The van der Waals surface area contributed by atoms with E-state index in [4.69, 9.17) is 14.6 Å². The monoisotopic (exact) mass is 229 g/mol. The molecule has 2 aliphatic rings. The van der Waals surface area contributed by atoms with Crippen molar-refractivity contribution in [3.63, 3.8) is 0 Å². The summed E-state index contributed by atoms with van der Waals surface area (Å²) in [5.74, 6) is -1.22. The molecule has 0 radical (unpaired) electrons. The summed E-state index contributed by atoms with van der Waals surface area (Å²) < 4.78 is 11.6. The second-order valence-electron chi connectivity index (χ2n) is 4.58. The van der Waals surface area contributed by atoms with E-state index in [0.29, 0.717) is 13.0 Å². The normalized spacial score (nSPS) is 29.7. The first-order valence-corrected chi connectivity index (χ1v) is 5.87. The Bertz CT molecular complexity index is 263. The fourth-order valence-corrected chi connectivity index (χ4v) is 2.51. The molecule has 2 N–H and O–H groups in total. The zero-order valence-corrected chi connectivity index (χ0v) is 9.57. The van der Waals surface area contributed by atoms with Crippen molar-refractivity contribution >= 4 is 5.97 Å². The molecule has 16 heavy (non-hydrogen) atoms. The van der Waals surface area contributed by atoms with E-state index in [1.54, 1.807) is 7.05 Å². The first-order chi connectivity index (χ1) is 7.65. The van der Waals surface area contributed by atoms with E-state index >= 15 is 0 Å². The quantitative estimate of drug-likeness (QED) is 0.744. The van der Waals surface area contributed by atoms with Crippen LogP contribution in [0.3, 0.4) is 0 Å². The number of ether oxygens (including phenoxy) is 2. The SMILES string of the molecule is CNC(CC1COC2(CCCC2)O1)C(=O)O. The van der Waals surface area contributed by atoms with Gasteiger partial charge in [0, 0.05) is 19.3 Å². The maximum atomic E-state index is 10.9. The number of hydrogen-bond donors (Lipinski definition) is 2. The average molecular weight is 229 g/mol. The topological polar surface area (TPSA) is 67.8 Å². The van der Waals surface area contributed by atoms with Gasteiger partial charge in [-0.25, -0.2) is 0 Å². The number of carbonyl (C=O) groups is 1. The summed E-state index contributed by atoms with van der Waals surface area (Å²) in [7, 11) is 1.65. The molecule has 2 unspecified atom stereocenters. The number of nitrogens with one attached hydrogen (secondary N) is 1. The van der Waals surface area contributed by atoms with Crippen molar-refractivity contribution in [2.24, 2.45) is 0 Å². The summed E-state index contributed by atoms with van der Waals surface area (Å²) in [5.41, 5.74) is 0. The second-order valence-corrected chi connectivity index (χ2v) is 4.58. The molecular weight excluding hydrogens is 210 g/mol. The predicted molar refractivity (Wildman–Crippen MR) is 57.1 cm³/mol. The number of aliphatic carboxylic acids is 1. The van der Waals surface area contributed by atoms with E-state index in [1.165, 1.54) is 0 Å². The molecule has 2 rings (SSSR count). The van der Waals surface area contributed by atoms with Gasteiger partial charge in [0.15, 0.2) is 5.79 Å². The zero-order valence-electron chi connectivity index (χ0n) is 9.57. The van der Waals surface area contributed by atoms with Gasteiger partial charge in [0.1, 0.15) is 6.04 Å². The third-order valence-electron chi connectivity index (χ3n) is 3.42. The summed E-state index contributed by atoms with van der Waals surface area (Å²) >= 11 is 0. The van der Waals surface area contributed by atoms with Crippen molar-refractivity contribution in [3.8, 4) is 0 Å². The standard InChI is InChI=1S/C11H19NO4/c1-12-9(10(13)14)6-8-7-15-11(16-8)4-2-3-5-11/h8-9,12H,2-7H2,1H3,(H,13,14). The Balaban J connectivity index is 1.86. The average Bonchev–Trinajstić information content (AvgIpc) is 2.86. The van der Waals surface area contributed by atoms with Crippen LogP contribution in [0, 0.1) is 0 Å². The predicted octanol–water partition coefficient (Wildman–Crippen LogP) is 0.735. The van der Waals surface area contributed by atoms with Crippen LogP contribution in [0.25, 0.3) is 0 Å². The summed E-state index contributed by atoms with van der Waals surface area (Å²) in [6, 6.07) is -0.551. The van der Waals surface area contributed by atoms with Gasteiger partial charge in [-0.2, -0.15) is 0 Å². The van der Waals surface area contributed by atoms with Crippen LogP contribution >= 0.6 is 0 Å². The molecule has 0 amide bonds. The molecule has 1 aliphatic heterocycles. The van der Waals surface area contributed by atoms with E-state index in [9.17, 15) is 4.79 Å². The second kappa shape index (κ2) is 4.69. The van der Waals surface area contributed by atoms with Crippen LogP contribution < -0.4 is 5.32 Å². The maximum absolute atomic E-state index is 10.9. The highest BCUT2D eigenvalue weighted by atomic mass is 16.7. The molecule has 2 fully saturated rings. The summed E-state index contributed by atoms with van der Waals surface area (Å²) in [5, 5.41) is 11.7. The van der Waals surface area contributed by atoms with Gasteiger partial charge < -0.3 is 19.9 Å². The molecule has 0 aromatic carbocycles. The molecular formula is C11H19NO4. The number of hydrogen-bond acceptors (Lipinski definition) is 4. The number of carboxylic acids is 1. The molecule has 0 bridgehead atoms. The zero-order chi connectivity index (χ0) is 11.6. The van der Waals surface area contributed by atoms with Gasteiger partial charge in [0.2, 0.25) is 0 Å². The molecule has 2 atom stereocenters. The highest BCUT2D eigenvalue weighted by Crippen LogP contribution is 2.39. The fraction of sp³-hybridized carbons (Fsp3) is 0.909. The number of rotatable bonds is 4. The first-order valence-electron chi connectivity index (χ1n) is 5.87. The minimum Gasteiger partial charge on any atom is -0.480 e. The molecule has 0 aromatic rings. The molecule has 1 saturated heterocycles. The van der Waals surface area contributed by atoms with Crippen LogP contribution in [0.4, 0.5) is 0 Å². The molecule has 5 heteroatoms. The Morgan fingerprint density at radius 1 is 1.56 bits per heavy atom. The van der Waals surface area contributed by atoms with E-state index < -0.39 is 12.0 Å². The van der Waals surface area contributed by atoms with Gasteiger partial charge in [-0.15, -0.1) is 0 Å². The van der Waals surface area contributed by atoms with Crippen LogP contribution in [0.15, 0.2) is 0 Å². The van der Waals surface area contributed by atoms with Crippen LogP contribution in [-0.4, -0.2) is 42.7 Å². The fourth-order valence-electron chi connectivity index (χ4n) is 2.51. The molecule has 92 valence electrons. The minimum atomic E-state index is -0.835. The van der Waals surface area contributed by atoms with Crippen LogP contribution in [0.2, 0.25) is 0 Å². The Labute approximate surface area is 95.1 Å². The molecule has 1 heterocycles. The molecule has 0 aromatic heterocycles. The maximum Gasteiger partial charge on any atom is 0.320 e. The van der Waals surface area contributed by atoms with Crippen LogP contribution in [0.5, 0.6) is 0 Å². The lowest BCUT2D eigenvalue weighted by atomic mass is 10.1. The molecule has 1 aliphatic carbocycles. The number of carboxylic acid groups (broad SMARTS) is 1. The Morgan fingerprint density at radius 2 is 2.25 bits per heavy atom. The van der Waals surface area contributed by atoms with Crippen molar-refractivity contribution in [3.05, 3.63) is 0 Å².